The number of hydrogen-bond acceptors (Lipinski definition) is 2. The second kappa shape index (κ2) is 5.59. The molecule has 94 valence electrons. The van der Waals surface area contributed by atoms with E-state index >= 15 is 0 Å². The van der Waals surface area contributed by atoms with Gasteiger partial charge in [0.2, 0.25) is 0 Å². The molecule has 1 aliphatic rings. The third-order valence-corrected chi connectivity index (χ3v) is 4.08. The molecule has 1 fully saturated rings. The van der Waals surface area contributed by atoms with E-state index in [9.17, 15) is 0 Å². The fourth-order valence-corrected chi connectivity index (χ4v) is 3.04. The molecule has 0 heterocycles. The molecule has 1 saturated carbocycles. The van der Waals surface area contributed by atoms with Crippen molar-refractivity contribution in [2.45, 2.75) is 37.3 Å². The molecule has 3 unspecified atom stereocenters. The Bertz CT molecular complexity index is 397. The van der Waals surface area contributed by atoms with Crippen LogP contribution in [0.1, 0.15) is 18.9 Å². The van der Waals surface area contributed by atoms with E-state index in [0.29, 0.717) is 11.4 Å². The van der Waals surface area contributed by atoms with Gasteiger partial charge in [-0.05, 0) is 37.6 Å². The lowest BCUT2D eigenvalue weighted by Gasteiger charge is -2.41. The average molecular weight is 320 g/mol. The van der Waals surface area contributed by atoms with Crippen molar-refractivity contribution in [2.24, 2.45) is 0 Å². The average Bonchev–Trinajstić information content (AvgIpc) is 2.28. The number of alkyl halides is 1. The number of ether oxygens (including phenoxy) is 2. The second-order valence-electron chi connectivity index (χ2n) is 4.24. The summed E-state index contributed by atoms with van der Waals surface area (Å²) in [6.45, 7) is 4.72. The highest BCUT2D eigenvalue weighted by Crippen LogP contribution is 2.35. The molecule has 3 atom stereocenters. The number of rotatable bonds is 4. The zero-order valence-corrected chi connectivity index (χ0v) is 12.3. The van der Waals surface area contributed by atoms with Gasteiger partial charge in [0.05, 0.1) is 0 Å². The van der Waals surface area contributed by atoms with Crippen LogP contribution in [0, 0.1) is 6.92 Å². The number of aryl methyl sites for hydroxylation is 1. The highest BCUT2D eigenvalue weighted by atomic mass is 79.9. The molecule has 0 aliphatic heterocycles. The predicted octanol–water partition coefficient (Wildman–Crippen LogP) is 3.97. The lowest BCUT2D eigenvalue weighted by Crippen LogP contribution is -2.52. The summed E-state index contributed by atoms with van der Waals surface area (Å²) in [5, 5.41) is 0.739. The van der Waals surface area contributed by atoms with Crippen LogP contribution in [-0.4, -0.2) is 23.6 Å². The van der Waals surface area contributed by atoms with E-state index in [1.807, 2.05) is 32.0 Å². The minimum Gasteiger partial charge on any atom is -0.487 e. The summed E-state index contributed by atoms with van der Waals surface area (Å²) < 4.78 is 11.6. The van der Waals surface area contributed by atoms with E-state index in [1.54, 1.807) is 0 Å². The lowest BCUT2D eigenvalue weighted by molar-refractivity contribution is -0.0725. The van der Waals surface area contributed by atoms with Crippen LogP contribution in [-0.2, 0) is 4.74 Å². The van der Waals surface area contributed by atoms with E-state index in [1.165, 1.54) is 0 Å². The van der Waals surface area contributed by atoms with E-state index < -0.39 is 0 Å². The Labute approximate surface area is 115 Å². The van der Waals surface area contributed by atoms with Gasteiger partial charge in [-0.1, -0.05) is 27.5 Å². The Balaban J connectivity index is 2.01. The first-order valence-electron chi connectivity index (χ1n) is 5.80. The Kier molecular flexibility index (Phi) is 4.34. The van der Waals surface area contributed by atoms with Gasteiger partial charge in [-0.3, -0.25) is 0 Å². The Hall–Kier alpha value is -0.250. The van der Waals surface area contributed by atoms with Crippen molar-refractivity contribution >= 4 is 27.5 Å². The van der Waals surface area contributed by atoms with Crippen LogP contribution in [0.15, 0.2) is 18.2 Å². The molecular formula is C13H16BrClO2. The van der Waals surface area contributed by atoms with Crippen LogP contribution in [0.3, 0.4) is 0 Å². The van der Waals surface area contributed by atoms with E-state index in [4.69, 9.17) is 21.1 Å². The molecule has 2 nitrogen and oxygen atoms in total. The van der Waals surface area contributed by atoms with Gasteiger partial charge in [0.1, 0.15) is 18.0 Å². The molecule has 1 aromatic rings. The van der Waals surface area contributed by atoms with Gasteiger partial charge >= 0.3 is 0 Å². The SMILES string of the molecule is CCOC1C(Br)CC1Oc1ccc(Cl)cc1C. The predicted molar refractivity (Wildman–Crippen MR) is 73.4 cm³/mol. The summed E-state index contributed by atoms with van der Waals surface area (Å²) >= 11 is 9.50. The third-order valence-electron chi connectivity index (χ3n) is 2.95. The molecule has 2 rings (SSSR count). The van der Waals surface area contributed by atoms with Gasteiger partial charge in [0, 0.05) is 22.9 Å². The van der Waals surface area contributed by atoms with Crippen LogP contribution < -0.4 is 4.74 Å². The minimum absolute atomic E-state index is 0.138. The Morgan fingerprint density at radius 3 is 2.82 bits per heavy atom. The molecule has 0 saturated heterocycles. The molecule has 1 aromatic carbocycles. The summed E-state index contributed by atoms with van der Waals surface area (Å²) in [6, 6.07) is 5.68. The van der Waals surface area contributed by atoms with Crippen LogP contribution >= 0.6 is 27.5 Å². The largest absolute Gasteiger partial charge is 0.487 e. The van der Waals surface area contributed by atoms with Gasteiger partial charge < -0.3 is 9.47 Å². The molecule has 17 heavy (non-hydrogen) atoms. The lowest BCUT2D eigenvalue weighted by atomic mass is 9.91. The summed E-state index contributed by atoms with van der Waals surface area (Å²) in [6.07, 6.45) is 1.27. The first kappa shape index (κ1) is 13.2. The fraction of sp³-hybridized carbons (Fsp3) is 0.538. The molecule has 0 aromatic heterocycles. The first-order chi connectivity index (χ1) is 8.11. The molecule has 0 bridgehead atoms. The van der Waals surface area contributed by atoms with Crippen molar-refractivity contribution in [3.63, 3.8) is 0 Å². The maximum atomic E-state index is 5.96. The number of halogens is 2. The molecule has 0 radical (unpaired) electrons. The van der Waals surface area contributed by atoms with Crippen molar-refractivity contribution in [3.05, 3.63) is 28.8 Å². The summed E-state index contributed by atoms with van der Waals surface area (Å²) in [7, 11) is 0. The van der Waals surface area contributed by atoms with Gasteiger partial charge in [-0.15, -0.1) is 0 Å². The normalized spacial score (nSPS) is 27.6. The first-order valence-corrected chi connectivity index (χ1v) is 7.09. The highest BCUT2D eigenvalue weighted by molar-refractivity contribution is 9.09. The zero-order chi connectivity index (χ0) is 12.4. The second-order valence-corrected chi connectivity index (χ2v) is 5.85. The number of hydrogen-bond donors (Lipinski definition) is 0. The summed E-state index contributed by atoms with van der Waals surface area (Å²) in [5.74, 6) is 0.892. The highest BCUT2D eigenvalue weighted by Gasteiger charge is 2.42. The molecule has 0 N–H and O–H groups in total. The van der Waals surface area contributed by atoms with E-state index in [2.05, 4.69) is 15.9 Å². The van der Waals surface area contributed by atoms with Crippen LogP contribution in [0.2, 0.25) is 5.02 Å². The smallest absolute Gasteiger partial charge is 0.127 e. The number of benzene rings is 1. The Morgan fingerprint density at radius 1 is 1.47 bits per heavy atom. The van der Waals surface area contributed by atoms with Gasteiger partial charge in [-0.25, -0.2) is 0 Å². The standard InChI is InChI=1S/C13H16BrClO2/c1-3-16-13-10(14)7-12(13)17-11-5-4-9(15)6-8(11)2/h4-6,10,12-13H,3,7H2,1-2H3. The van der Waals surface area contributed by atoms with Crippen LogP contribution in [0.25, 0.3) is 0 Å². The molecular weight excluding hydrogens is 303 g/mol. The van der Waals surface area contributed by atoms with Crippen molar-refractivity contribution in [3.8, 4) is 5.75 Å². The van der Waals surface area contributed by atoms with Gasteiger partial charge in [0.25, 0.3) is 0 Å². The quantitative estimate of drug-likeness (QED) is 0.782. The van der Waals surface area contributed by atoms with Gasteiger partial charge in [0.15, 0.2) is 0 Å². The van der Waals surface area contributed by atoms with E-state index in [0.717, 1.165) is 22.8 Å². The van der Waals surface area contributed by atoms with Crippen LogP contribution in [0.5, 0.6) is 5.75 Å². The monoisotopic (exact) mass is 318 g/mol. The fourth-order valence-electron chi connectivity index (χ4n) is 1.95. The maximum Gasteiger partial charge on any atom is 0.127 e. The zero-order valence-electron chi connectivity index (χ0n) is 9.95. The summed E-state index contributed by atoms with van der Waals surface area (Å²) in [5.41, 5.74) is 1.06. The third kappa shape index (κ3) is 2.95. The van der Waals surface area contributed by atoms with Crippen molar-refractivity contribution in [1.29, 1.82) is 0 Å². The molecule has 4 heteroatoms. The minimum atomic E-state index is 0.138. The maximum absolute atomic E-state index is 5.96. The van der Waals surface area contributed by atoms with E-state index in [-0.39, 0.29) is 12.2 Å². The van der Waals surface area contributed by atoms with Crippen molar-refractivity contribution < 1.29 is 9.47 Å². The topological polar surface area (TPSA) is 18.5 Å². The summed E-state index contributed by atoms with van der Waals surface area (Å²) in [4.78, 5) is 0.403. The van der Waals surface area contributed by atoms with Crippen molar-refractivity contribution in [2.75, 3.05) is 6.61 Å². The van der Waals surface area contributed by atoms with Crippen molar-refractivity contribution in [1.82, 2.24) is 0 Å². The molecule has 0 spiro atoms. The van der Waals surface area contributed by atoms with Gasteiger partial charge in [-0.2, -0.15) is 0 Å². The Morgan fingerprint density at radius 2 is 2.24 bits per heavy atom. The molecule has 0 amide bonds. The molecule has 1 aliphatic carbocycles. The van der Waals surface area contributed by atoms with Crippen LogP contribution in [0.4, 0.5) is 0 Å².